The van der Waals surface area contributed by atoms with E-state index in [1.165, 1.54) is 16.8 Å². The standard InChI is InChI=1S/C19H14N2/c1-13-16-8-4-6-10-18(16)21(2)19(13)15-11-14-7-3-5-9-17(14)20-12-15/h3,5-7,9-12H,1-2H3. The van der Waals surface area contributed by atoms with Crippen molar-refractivity contribution in [3.05, 3.63) is 66.4 Å². The summed E-state index contributed by atoms with van der Waals surface area (Å²) in [6.45, 7) is 2.14. The fraction of sp³-hybridized carbons (Fsp3) is 0.105. The summed E-state index contributed by atoms with van der Waals surface area (Å²) in [7, 11) is 2.09. The van der Waals surface area contributed by atoms with Crippen LogP contribution in [0.15, 0.2) is 48.7 Å². The van der Waals surface area contributed by atoms with Gasteiger partial charge in [-0.1, -0.05) is 30.3 Å². The van der Waals surface area contributed by atoms with Crippen LogP contribution in [-0.2, 0) is 7.05 Å². The van der Waals surface area contributed by atoms with Crippen molar-refractivity contribution in [1.29, 1.82) is 0 Å². The number of aryl methyl sites for hydroxylation is 2. The summed E-state index contributed by atoms with van der Waals surface area (Å²) in [5.74, 6) is 0. The second-order valence-corrected chi connectivity index (χ2v) is 5.31. The Morgan fingerprint density at radius 1 is 1.14 bits per heavy atom. The molecule has 0 spiro atoms. The van der Waals surface area contributed by atoms with Crippen LogP contribution in [0.3, 0.4) is 0 Å². The van der Waals surface area contributed by atoms with Crippen molar-refractivity contribution < 1.29 is 0 Å². The van der Waals surface area contributed by atoms with E-state index >= 15 is 0 Å². The molecule has 0 radical (unpaired) electrons. The smallest absolute Gasteiger partial charge is 0.0702 e. The summed E-state index contributed by atoms with van der Waals surface area (Å²) in [5, 5.41) is 2.29. The Labute approximate surface area is 123 Å². The third-order valence-electron chi connectivity index (χ3n) is 4.07. The topological polar surface area (TPSA) is 17.8 Å². The van der Waals surface area contributed by atoms with Gasteiger partial charge in [0.2, 0.25) is 0 Å². The fourth-order valence-corrected chi connectivity index (χ4v) is 3.05. The van der Waals surface area contributed by atoms with Crippen LogP contribution >= 0.6 is 0 Å². The maximum absolute atomic E-state index is 4.58. The van der Waals surface area contributed by atoms with Crippen LogP contribution in [0, 0.1) is 19.1 Å². The van der Waals surface area contributed by atoms with E-state index in [0.29, 0.717) is 0 Å². The van der Waals surface area contributed by atoms with Gasteiger partial charge in [-0.2, -0.15) is 0 Å². The molecule has 2 heterocycles. The van der Waals surface area contributed by atoms with Crippen LogP contribution < -0.4 is 0 Å². The van der Waals surface area contributed by atoms with Gasteiger partial charge in [-0.25, -0.2) is 0 Å². The van der Waals surface area contributed by atoms with Gasteiger partial charge >= 0.3 is 0 Å². The Hall–Kier alpha value is -2.79. The highest BCUT2D eigenvalue weighted by molar-refractivity contribution is 5.92. The van der Waals surface area contributed by atoms with Gasteiger partial charge in [0.25, 0.3) is 0 Å². The van der Waals surface area contributed by atoms with E-state index in [-0.39, 0.29) is 0 Å². The zero-order chi connectivity index (χ0) is 14.4. The van der Waals surface area contributed by atoms with E-state index in [0.717, 1.165) is 21.9 Å². The maximum Gasteiger partial charge on any atom is 0.0702 e. The lowest BCUT2D eigenvalue weighted by atomic mass is 10.1. The SMILES string of the molecule is Cc1c(-c2cnc3ccccc3c2)n(C)c2ccc#cc12. The number of hydrogen-bond donors (Lipinski definition) is 0. The summed E-state index contributed by atoms with van der Waals surface area (Å²) < 4.78 is 2.21. The Balaban J connectivity index is 2.04. The van der Waals surface area contributed by atoms with E-state index < -0.39 is 0 Å². The first-order chi connectivity index (χ1) is 10.3. The molecule has 4 aromatic rings. The maximum atomic E-state index is 4.58. The minimum atomic E-state index is 1.03. The molecule has 0 N–H and O–H groups in total. The predicted octanol–water partition coefficient (Wildman–Crippen LogP) is 4.30. The molecule has 0 aliphatic heterocycles. The number of fused-ring (bicyclic) bond motifs is 2. The molecule has 21 heavy (non-hydrogen) atoms. The number of hydrogen-bond acceptors (Lipinski definition) is 1. The highest BCUT2D eigenvalue weighted by atomic mass is 15.0. The first kappa shape index (κ1) is 12.0. The lowest BCUT2D eigenvalue weighted by Gasteiger charge is -2.07. The second kappa shape index (κ2) is 4.36. The molecular formula is C19H14N2. The van der Waals surface area contributed by atoms with Crippen molar-refractivity contribution in [2.45, 2.75) is 6.92 Å². The molecule has 0 saturated heterocycles. The number of para-hydroxylation sites is 1. The normalized spacial score (nSPS) is 11.0. The third-order valence-corrected chi connectivity index (χ3v) is 4.07. The van der Waals surface area contributed by atoms with Gasteiger partial charge in [-0.3, -0.25) is 4.98 Å². The van der Waals surface area contributed by atoms with Crippen LogP contribution in [0.1, 0.15) is 5.56 Å². The lowest BCUT2D eigenvalue weighted by molar-refractivity contribution is 0.973. The first-order valence-corrected chi connectivity index (χ1v) is 6.98. The number of aromatic nitrogens is 2. The molecule has 2 aromatic carbocycles. The molecule has 0 amide bonds. The molecule has 0 aliphatic carbocycles. The number of rotatable bonds is 1. The van der Waals surface area contributed by atoms with E-state index in [1.807, 2.05) is 30.5 Å². The predicted molar refractivity (Wildman–Crippen MR) is 86.1 cm³/mol. The highest BCUT2D eigenvalue weighted by Crippen LogP contribution is 2.32. The monoisotopic (exact) mass is 270 g/mol. The summed E-state index contributed by atoms with van der Waals surface area (Å²) in [5.41, 5.74) is 5.76. The molecule has 4 rings (SSSR count). The Morgan fingerprint density at radius 2 is 2.00 bits per heavy atom. The van der Waals surface area contributed by atoms with Crippen LogP contribution in [0.5, 0.6) is 0 Å². The van der Waals surface area contributed by atoms with E-state index in [9.17, 15) is 0 Å². The van der Waals surface area contributed by atoms with Crippen LogP contribution in [0.4, 0.5) is 0 Å². The molecule has 0 saturated carbocycles. The molecule has 2 aromatic heterocycles. The molecule has 0 unspecified atom stereocenters. The van der Waals surface area contributed by atoms with Crippen molar-refractivity contribution in [3.63, 3.8) is 0 Å². The molecule has 0 bridgehead atoms. The summed E-state index contributed by atoms with van der Waals surface area (Å²) in [6.07, 6.45) is 1.95. The Kier molecular flexibility index (Phi) is 2.49. The molecule has 0 atom stereocenters. The van der Waals surface area contributed by atoms with Gasteiger partial charge in [0.1, 0.15) is 0 Å². The second-order valence-electron chi connectivity index (χ2n) is 5.31. The summed E-state index contributed by atoms with van der Waals surface area (Å²) in [4.78, 5) is 4.58. The number of nitrogens with zero attached hydrogens (tertiary/aromatic N) is 2. The van der Waals surface area contributed by atoms with E-state index in [4.69, 9.17) is 0 Å². The van der Waals surface area contributed by atoms with Crippen molar-refractivity contribution >= 4 is 21.8 Å². The Bertz CT molecular complexity index is 925. The molecule has 0 fully saturated rings. The van der Waals surface area contributed by atoms with Crippen molar-refractivity contribution in [2.75, 3.05) is 0 Å². The van der Waals surface area contributed by atoms with Gasteiger partial charge in [-0.05, 0) is 36.8 Å². The average Bonchev–Trinajstić information content (AvgIpc) is 2.79. The highest BCUT2D eigenvalue weighted by Gasteiger charge is 2.13. The number of pyridine rings is 1. The zero-order valence-corrected chi connectivity index (χ0v) is 12.0. The quantitative estimate of drug-likeness (QED) is 0.504. The lowest BCUT2D eigenvalue weighted by Crippen LogP contribution is -1.93. The van der Waals surface area contributed by atoms with Crippen molar-refractivity contribution in [1.82, 2.24) is 9.55 Å². The minimum absolute atomic E-state index is 1.03. The average molecular weight is 270 g/mol. The van der Waals surface area contributed by atoms with Gasteiger partial charge in [0.05, 0.1) is 22.1 Å². The molecule has 2 nitrogen and oxygen atoms in total. The summed E-state index contributed by atoms with van der Waals surface area (Å²) in [6, 6.07) is 20.7. The molecule has 0 aliphatic rings. The molecular weight excluding hydrogens is 256 g/mol. The minimum Gasteiger partial charge on any atom is -0.343 e. The van der Waals surface area contributed by atoms with Crippen molar-refractivity contribution in [3.8, 4) is 11.3 Å². The molecule has 2 heteroatoms. The Morgan fingerprint density at radius 3 is 2.86 bits per heavy atom. The van der Waals surface area contributed by atoms with Crippen LogP contribution in [0.2, 0.25) is 0 Å². The molecule has 100 valence electrons. The van der Waals surface area contributed by atoms with Gasteiger partial charge in [-0.15, -0.1) is 0 Å². The summed E-state index contributed by atoms with van der Waals surface area (Å²) >= 11 is 0. The number of benzene rings is 1. The third kappa shape index (κ3) is 1.71. The zero-order valence-electron chi connectivity index (χ0n) is 12.0. The van der Waals surface area contributed by atoms with Gasteiger partial charge in [0, 0.05) is 24.2 Å². The largest absolute Gasteiger partial charge is 0.343 e. The van der Waals surface area contributed by atoms with Gasteiger partial charge in [0.15, 0.2) is 0 Å². The van der Waals surface area contributed by atoms with E-state index in [2.05, 4.69) is 53.9 Å². The van der Waals surface area contributed by atoms with Gasteiger partial charge < -0.3 is 4.57 Å². The van der Waals surface area contributed by atoms with E-state index in [1.54, 1.807) is 0 Å². The first-order valence-electron chi connectivity index (χ1n) is 6.98. The van der Waals surface area contributed by atoms with Crippen LogP contribution in [0.25, 0.3) is 33.1 Å². The fourth-order valence-electron chi connectivity index (χ4n) is 3.05. The van der Waals surface area contributed by atoms with Crippen molar-refractivity contribution in [2.24, 2.45) is 7.05 Å². The van der Waals surface area contributed by atoms with Crippen LogP contribution in [-0.4, -0.2) is 9.55 Å².